The first kappa shape index (κ1) is 22.3. The quantitative estimate of drug-likeness (QED) is 0.344. The van der Waals surface area contributed by atoms with Crippen LogP contribution in [0, 0.1) is 12.7 Å². The monoisotopic (exact) mass is 458 g/mol. The number of fused-ring (bicyclic) bond motifs is 1. The van der Waals surface area contributed by atoms with E-state index in [-0.39, 0.29) is 23.5 Å². The van der Waals surface area contributed by atoms with Crippen LogP contribution < -0.4 is 21.3 Å². The number of rotatable bonds is 7. The number of hydrogen-bond acceptors (Lipinski definition) is 7. The second-order valence-electron chi connectivity index (χ2n) is 7.45. The molecule has 172 valence electrons. The Morgan fingerprint density at radius 1 is 1.18 bits per heavy atom. The summed E-state index contributed by atoms with van der Waals surface area (Å²) >= 11 is 0. The predicted molar refractivity (Wildman–Crippen MR) is 119 cm³/mol. The predicted octanol–water partition coefficient (Wildman–Crippen LogP) is 4.74. The molecule has 0 aliphatic carbocycles. The van der Waals surface area contributed by atoms with Crippen LogP contribution in [0.4, 0.5) is 36.3 Å². The lowest BCUT2D eigenvalue weighted by atomic mass is 10.1. The third kappa shape index (κ3) is 4.67. The van der Waals surface area contributed by atoms with Gasteiger partial charge in [-0.05, 0) is 62.9 Å². The first-order chi connectivity index (χ1) is 15.7. The minimum Gasteiger partial charge on any atom is -0.408 e. The van der Waals surface area contributed by atoms with Crippen molar-refractivity contribution in [2.45, 2.75) is 26.4 Å². The fraction of sp³-hybridized carbons (Fsp3) is 0.227. The van der Waals surface area contributed by atoms with Gasteiger partial charge in [-0.3, -0.25) is 9.88 Å². The van der Waals surface area contributed by atoms with Crippen molar-refractivity contribution in [2.24, 2.45) is 0 Å². The van der Waals surface area contributed by atoms with Crippen molar-refractivity contribution >= 4 is 34.2 Å². The summed E-state index contributed by atoms with van der Waals surface area (Å²) in [6, 6.07) is 8.39. The molecular formula is C22H21F3N6O2. The van der Waals surface area contributed by atoms with Crippen molar-refractivity contribution in [3.8, 4) is 0 Å². The van der Waals surface area contributed by atoms with Crippen LogP contribution in [0.25, 0.3) is 11.1 Å². The zero-order chi connectivity index (χ0) is 23.7. The van der Waals surface area contributed by atoms with Crippen LogP contribution in [0.5, 0.6) is 0 Å². The number of aromatic nitrogens is 3. The van der Waals surface area contributed by atoms with E-state index in [0.29, 0.717) is 32.8 Å². The molecule has 0 saturated carbocycles. The highest BCUT2D eigenvalue weighted by Gasteiger charge is 2.24. The number of H-pyrrole nitrogens is 1. The molecule has 0 aliphatic rings. The summed E-state index contributed by atoms with van der Waals surface area (Å²) in [7, 11) is 1.69. The van der Waals surface area contributed by atoms with Crippen LogP contribution in [0.15, 0.2) is 51.8 Å². The van der Waals surface area contributed by atoms with Crippen molar-refractivity contribution in [1.29, 1.82) is 0 Å². The largest absolute Gasteiger partial charge is 0.417 e. The molecule has 11 heteroatoms. The molecule has 2 aromatic heterocycles. The van der Waals surface area contributed by atoms with Crippen LogP contribution in [0.1, 0.15) is 24.1 Å². The Bertz CT molecular complexity index is 1350. The van der Waals surface area contributed by atoms with Gasteiger partial charge < -0.3 is 15.1 Å². The Morgan fingerprint density at radius 3 is 2.70 bits per heavy atom. The van der Waals surface area contributed by atoms with E-state index in [9.17, 15) is 18.0 Å². The van der Waals surface area contributed by atoms with Gasteiger partial charge in [-0.15, -0.1) is 0 Å². The summed E-state index contributed by atoms with van der Waals surface area (Å²) in [5.41, 5.74) is 2.42. The van der Waals surface area contributed by atoms with Gasteiger partial charge in [-0.2, -0.15) is 13.8 Å². The number of halogens is 3. The molecule has 0 bridgehead atoms. The maximum absolute atomic E-state index is 14.2. The first-order valence-corrected chi connectivity index (χ1v) is 10.0. The van der Waals surface area contributed by atoms with Crippen molar-refractivity contribution in [3.05, 3.63) is 70.1 Å². The molecule has 2 heterocycles. The summed E-state index contributed by atoms with van der Waals surface area (Å²) in [4.78, 5) is 22.8. The van der Waals surface area contributed by atoms with Gasteiger partial charge in [0.2, 0.25) is 5.95 Å². The van der Waals surface area contributed by atoms with Crippen LogP contribution in [0.2, 0.25) is 0 Å². The fourth-order valence-electron chi connectivity index (χ4n) is 3.31. The molecular weight excluding hydrogens is 437 g/mol. The molecule has 8 nitrogen and oxygen atoms in total. The Morgan fingerprint density at radius 2 is 1.97 bits per heavy atom. The number of anilines is 4. The minimum absolute atomic E-state index is 0.0747. The molecule has 0 aliphatic heterocycles. The number of benzene rings is 2. The zero-order valence-corrected chi connectivity index (χ0v) is 18.0. The lowest BCUT2D eigenvalue weighted by Crippen LogP contribution is -2.26. The van der Waals surface area contributed by atoms with E-state index in [1.54, 1.807) is 39.1 Å². The van der Waals surface area contributed by atoms with E-state index < -0.39 is 18.1 Å². The van der Waals surface area contributed by atoms with Gasteiger partial charge in [0.15, 0.2) is 5.58 Å². The number of nitrogens with zero attached hydrogens (tertiary/aromatic N) is 3. The second kappa shape index (κ2) is 8.94. The molecule has 3 N–H and O–H groups in total. The molecule has 4 aromatic rings. The Hall–Kier alpha value is -3.86. The normalized spacial score (nSPS) is 12.3. The van der Waals surface area contributed by atoms with E-state index in [1.165, 1.54) is 18.3 Å². The number of hydrogen-bond donors (Lipinski definition) is 3. The number of aryl methyl sites for hydroxylation is 1. The molecule has 1 atom stereocenters. The number of oxazole rings is 1. The molecule has 0 saturated heterocycles. The molecule has 0 amide bonds. The third-order valence-electron chi connectivity index (χ3n) is 5.17. The van der Waals surface area contributed by atoms with E-state index in [1.807, 2.05) is 0 Å². The molecule has 33 heavy (non-hydrogen) atoms. The molecule has 0 radical (unpaired) electrons. The van der Waals surface area contributed by atoms with Gasteiger partial charge in [0.1, 0.15) is 11.6 Å². The summed E-state index contributed by atoms with van der Waals surface area (Å²) in [5.74, 6) is -1.26. The van der Waals surface area contributed by atoms with E-state index in [4.69, 9.17) is 4.42 Å². The third-order valence-corrected chi connectivity index (χ3v) is 5.17. The van der Waals surface area contributed by atoms with Gasteiger partial charge in [0.25, 0.3) is 0 Å². The lowest BCUT2D eigenvalue weighted by Gasteiger charge is -2.24. The lowest BCUT2D eigenvalue weighted by molar-refractivity contribution is 0.154. The summed E-state index contributed by atoms with van der Waals surface area (Å²) in [5, 5.41) is 6.00. The first-order valence-electron chi connectivity index (χ1n) is 10.0. The summed E-state index contributed by atoms with van der Waals surface area (Å²) < 4.78 is 47.4. The molecule has 1 unspecified atom stereocenters. The molecule has 0 fully saturated rings. The molecule has 4 rings (SSSR count). The highest BCUT2D eigenvalue weighted by atomic mass is 19.3. The standard InChI is InChI=1S/C22H21F3N6O2/c1-11-10-27-21(30-19(11)28-15-4-5-18-17(9-15)29-22(32)33-18)31(20(24)25)16-7-13(12(2)26-3)6-14(23)8-16/h4-10,12,20,26H,1-3H3,(H,29,32)(H,27,28,30). The fourth-order valence-corrected chi connectivity index (χ4v) is 3.31. The maximum atomic E-state index is 14.2. The number of nitrogens with one attached hydrogen (secondary N) is 3. The van der Waals surface area contributed by atoms with Crippen molar-refractivity contribution in [3.63, 3.8) is 0 Å². The summed E-state index contributed by atoms with van der Waals surface area (Å²) in [6.45, 7) is 0.485. The van der Waals surface area contributed by atoms with Crippen molar-refractivity contribution in [1.82, 2.24) is 20.3 Å². The number of aromatic amines is 1. The average Bonchev–Trinajstić information content (AvgIpc) is 3.14. The minimum atomic E-state index is -3.02. The molecule has 0 spiro atoms. The van der Waals surface area contributed by atoms with Crippen LogP contribution >= 0.6 is 0 Å². The average molecular weight is 458 g/mol. The topological polar surface area (TPSA) is 99.1 Å². The SMILES string of the molecule is CNC(C)c1cc(F)cc(N(c2ncc(C)c(Nc3ccc4oc(=O)[nH]c4c3)n2)C(F)F)c1. The van der Waals surface area contributed by atoms with E-state index in [0.717, 1.165) is 6.07 Å². The van der Waals surface area contributed by atoms with Crippen molar-refractivity contribution in [2.75, 3.05) is 17.3 Å². The Balaban J connectivity index is 1.72. The van der Waals surface area contributed by atoms with Crippen LogP contribution in [0.3, 0.4) is 0 Å². The maximum Gasteiger partial charge on any atom is 0.417 e. The highest BCUT2D eigenvalue weighted by Crippen LogP contribution is 2.31. The smallest absolute Gasteiger partial charge is 0.408 e. The van der Waals surface area contributed by atoms with Crippen molar-refractivity contribution < 1.29 is 17.6 Å². The highest BCUT2D eigenvalue weighted by molar-refractivity contribution is 5.78. The second-order valence-corrected chi connectivity index (χ2v) is 7.45. The van der Waals surface area contributed by atoms with Gasteiger partial charge >= 0.3 is 12.3 Å². The number of alkyl halides is 2. The van der Waals surface area contributed by atoms with E-state index in [2.05, 4.69) is 25.6 Å². The van der Waals surface area contributed by atoms with E-state index >= 15 is 0 Å². The Kier molecular flexibility index (Phi) is 6.05. The van der Waals surface area contributed by atoms with Crippen LogP contribution in [-0.4, -0.2) is 28.5 Å². The van der Waals surface area contributed by atoms with Gasteiger partial charge in [0, 0.05) is 23.5 Å². The van der Waals surface area contributed by atoms with Gasteiger partial charge in [-0.1, -0.05) is 0 Å². The summed E-state index contributed by atoms with van der Waals surface area (Å²) in [6.07, 6.45) is 1.40. The molecule has 2 aromatic carbocycles. The van der Waals surface area contributed by atoms with Gasteiger partial charge in [-0.25, -0.2) is 14.2 Å². The van der Waals surface area contributed by atoms with Gasteiger partial charge in [0.05, 0.1) is 11.2 Å². The Labute approximate surface area is 186 Å². The van der Waals surface area contributed by atoms with Crippen LogP contribution in [-0.2, 0) is 0 Å². The zero-order valence-electron chi connectivity index (χ0n) is 18.0.